The van der Waals surface area contributed by atoms with Gasteiger partial charge in [0.2, 0.25) is 0 Å². The second-order valence-electron chi connectivity index (χ2n) is 5.10. The third kappa shape index (κ3) is 4.36. The van der Waals surface area contributed by atoms with Crippen molar-refractivity contribution < 1.29 is 0 Å². The van der Waals surface area contributed by atoms with E-state index in [-0.39, 0.29) is 0 Å². The molecule has 1 heterocycles. The second-order valence-corrected chi connectivity index (χ2v) is 6.96. The minimum absolute atomic E-state index is 0.341. The van der Waals surface area contributed by atoms with E-state index in [4.69, 9.17) is 5.73 Å². The van der Waals surface area contributed by atoms with Crippen LogP contribution in [0.5, 0.6) is 0 Å². The molecule has 1 unspecified atom stereocenters. The van der Waals surface area contributed by atoms with Crippen LogP contribution in [0.15, 0.2) is 15.9 Å². The smallest absolute Gasteiger partial charge is 0.0567 e. The topological polar surface area (TPSA) is 29.3 Å². The average Bonchev–Trinajstić information content (AvgIpc) is 2.64. The van der Waals surface area contributed by atoms with Crippen molar-refractivity contribution >= 4 is 27.3 Å². The van der Waals surface area contributed by atoms with Crippen molar-refractivity contribution in [3.8, 4) is 0 Å². The summed E-state index contributed by atoms with van der Waals surface area (Å²) in [5, 5.41) is 2.13. The molecule has 1 aromatic rings. The van der Waals surface area contributed by atoms with Crippen LogP contribution in [0.2, 0.25) is 0 Å². The molecule has 0 bridgehead atoms. The molecule has 2 nitrogen and oxygen atoms in total. The van der Waals surface area contributed by atoms with E-state index in [1.54, 1.807) is 11.3 Å². The third-order valence-electron chi connectivity index (χ3n) is 2.78. The van der Waals surface area contributed by atoms with Crippen LogP contribution in [0.3, 0.4) is 0 Å². The summed E-state index contributed by atoms with van der Waals surface area (Å²) < 4.78 is 1.16. The van der Waals surface area contributed by atoms with E-state index in [1.807, 2.05) is 0 Å². The average molecular weight is 319 g/mol. The molecule has 0 amide bonds. The highest BCUT2D eigenvalue weighted by molar-refractivity contribution is 9.10. The van der Waals surface area contributed by atoms with Gasteiger partial charge in [0, 0.05) is 33.9 Å². The van der Waals surface area contributed by atoms with Crippen LogP contribution in [-0.2, 0) is 0 Å². The van der Waals surface area contributed by atoms with Gasteiger partial charge in [-0.2, -0.15) is 0 Å². The fraction of sp³-hybridized carbons (Fsp3) is 0.692. The molecule has 0 saturated heterocycles. The van der Waals surface area contributed by atoms with Gasteiger partial charge < -0.3 is 5.73 Å². The zero-order valence-electron chi connectivity index (χ0n) is 11.1. The molecule has 0 aliphatic rings. The Kier molecular flexibility index (Phi) is 6.13. The van der Waals surface area contributed by atoms with E-state index in [2.05, 4.69) is 60.0 Å². The normalized spacial score (nSPS) is 13.9. The van der Waals surface area contributed by atoms with Gasteiger partial charge in [-0.05, 0) is 41.8 Å². The van der Waals surface area contributed by atoms with Gasteiger partial charge in [0.15, 0.2) is 0 Å². The van der Waals surface area contributed by atoms with Crippen molar-refractivity contribution in [2.75, 3.05) is 13.1 Å². The van der Waals surface area contributed by atoms with Crippen LogP contribution in [-0.4, -0.2) is 24.0 Å². The molecule has 0 aliphatic heterocycles. The van der Waals surface area contributed by atoms with Gasteiger partial charge in [0.25, 0.3) is 0 Å². The first-order chi connectivity index (χ1) is 7.95. The number of hydrogen-bond donors (Lipinski definition) is 1. The minimum atomic E-state index is 0.341. The summed E-state index contributed by atoms with van der Waals surface area (Å²) >= 11 is 5.30. The first kappa shape index (κ1) is 15.2. The monoisotopic (exact) mass is 318 g/mol. The van der Waals surface area contributed by atoms with Crippen LogP contribution < -0.4 is 5.73 Å². The Morgan fingerprint density at radius 2 is 2.00 bits per heavy atom. The van der Waals surface area contributed by atoms with Gasteiger partial charge in [-0.3, -0.25) is 4.90 Å². The second kappa shape index (κ2) is 6.88. The Morgan fingerprint density at radius 1 is 1.35 bits per heavy atom. The largest absolute Gasteiger partial charge is 0.329 e. The summed E-state index contributed by atoms with van der Waals surface area (Å²) in [5.41, 5.74) is 5.98. The van der Waals surface area contributed by atoms with Crippen LogP contribution in [0.25, 0.3) is 0 Å². The minimum Gasteiger partial charge on any atom is -0.329 e. The van der Waals surface area contributed by atoms with E-state index in [0.717, 1.165) is 11.0 Å². The van der Waals surface area contributed by atoms with Gasteiger partial charge in [0.05, 0.1) is 6.04 Å². The maximum absolute atomic E-state index is 5.98. The Labute approximate surface area is 117 Å². The summed E-state index contributed by atoms with van der Waals surface area (Å²) in [7, 11) is 0. The molecule has 0 saturated carbocycles. The lowest BCUT2D eigenvalue weighted by molar-refractivity contribution is 0.140. The lowest BCUT2D eigenvalue weighted by Crippen LogP contribution is -2.40. The zero-order valence-corrected chi connectivity index (χ0v) is 13.5. The van der Waals surface area contributed by atoms with Gasteiger partial charge in [0.1, 0.15) is 0 Å². The van der Waals surface area contributed by atoms with Crippen LogP contribution in [0.4, 0.5) is 0 Å². The summed E-state index contributed by atoms with van der Waals surface area (Å²) in [4.78, 5) is 3.86. The number of nitrogens with zero attached hydrogens (tertiary/aromatic N) is 1. The van der Waals surface area contributed by atoms with Crippen molar-refractivity contribution in [1.82, 2.24) is 4.90 Å². The molecule has 2 N–H and O–H groups in total. The molecule has 0 aromatic carbocycles. The molecule has 0 spiro atoms. The molecular weight excluding hydrogens is 296 g/mol. The predicted molar refractivity (Wildman–Crippen MR) is 80.5 cm³/mol. The Morgan fingerprint density at radius 3 is 2.35 bits per heavy atom. The van der Waals surface area contributed by atoms with Gasteiger partial charge in [-0.1, -0.05) is 13.8 Å². The number of nitrogens with two attached hydrogens (primary N) is 1. The molecule has 1 atom stereocenters. The molecule has 0 fully saturated rings. The first-order valence-electron chi connectivity index (χ1n) is 6.15. The Balaban J connectivity index is 2.88. The van der Waals surface area contributed by atoms with E-state index >= 15 is 0 Å². The molecule has 1 rings (SSSR count). The molecule has 0 aliphatic carbocycles. The fourth-order valence-corrected chi connectivity index (χ4v) is 3.62. The fourth-order valence-electron chi connectivity index (χ4n) is 2.04. The van der Waals surface area contributed by atoms with Crippen molar-refractivity contribution in [3.05, 3.63) is 20.8 Å². The zero-order chi connectivity index (χ0) is 13.0. The maximum atomic E-state index is 5.98. The van der Waals surface area contributed by atoms with E-state index in [0.29, 0.717) is 24.5 Å². The summed E-state index contributed by atoms with van der Waals surface area (Å²) in [5.74, 6) is 0.662. The molecular formula is C13H23BrN2S. The molecule has 17 heavy (non-hydrogen) atoms. The number of thiophene rings is 1. The van der Waals surface area contributed by atoms with Crippen LogP contribution in [0.1, 0.15) is 38.6 Å². The third-order valence-corrected chi connectivity index (χ3v) is 4.57. The SMILES string of the molecule is CC(C)CN(C(C)C)C(CN)c1cc(Br)cs1. The lowest BCUT2D eigenvalue weighted by Gasteiger charge is -2.35. The van der Waals surface area contributed by atoms with E-state index in [1.165, 1.54) is 4.88 Å². The predicted octanol–water partition coefficient (Wildman–Crippen LogP) is 3.88. The maximum Gasteiger partial charge on any atom is 0.0567 e. The van der Waals surface area contributed by atoms with E-state index < -0.39 is 0 Å². The Bertz CT molecular complexity index is 336. The Hall–Kier alpha value is 0.1000. The number of hydrogen-bond acceptors (Lipinski definition) is 3. The van der Waals surface area contributed by atoms with Crippen molar-refractivity contribution in [2.45, 2.75) is 39.8 Å². The van der Waals surface area contributed by atoms with Crippen molar-refractivity contribution in [2.24, 2.45) is 11.7 Å². The molecule has 4 heteroatoms. The summed E-state index contributed by atoms with van der Waals surface area (Å²) in [6.07, 6.45) is 0. The van der Waals surface area contributed by atoms with Gasteiger partial charge in [-0.15, -0.1) is 11.3 Å². The van der Waals surface area contributed by atoms with Crippen molar-refractivity contribution in [3.63, 3.8) is 0 Å². The van der Waals surface area contributed by atoms with Crippen LogP contribution >= 0.6 is 27.3 Å². The highest BCUT2D eigenvalue weighted by Gasteiger charge is 2.23. The number of rotatable bonds is 6. The van der Waals surface area contributed by atoms with Gasteiger partial charge in [-0.25, -0.2) is 0 Å². The standard InChI is InChI=1S/C13H23BrN2S/c1-9(2)7-16(10(3)4)12(6-15)13-5-11(14)8-17-13/h5,8-10,12H,6-7,15H2,1-4H3. The first-order valence-corrected chi connectivity index (χ1v) is 7.82. The summed E-state index contributed by atoms with van der Waals surface area (Å²) in [6.45, 7) is 10.8. The van der Waals surface area contributed by atoms with Gasteiger partial charge >= 0.3 is 0 Å². The number of halogens is 1. The lowest BCUT2D eigenvalue weighted by atomic mass is 10.1. The highest BCUT2D eigenvalue weighted by atomic mass is 79.9. The molecule has 0 radical (unpaired) electrons. The van der Waals surface area contributed by atoms with Crippen LogP contribution in [0, 0.1) is 5.92 Å². The molecule has 98 valence electrons. The highest BCUT2D eigenvalue weighted by Crippen LogP contribution is 2.30. The quantitative estimate of drug-likeness (QED) is 0.862. The molecule has 1 aromatic heterocycles. The van der Waals surface area contributed by atoms with Crippen molar-refractivity contribution in [1.29, 1.82) is 0 Å². The van der Waals surface area contributed by atoms with E-state index in [9.17, 15) is 0 Å². The summed E-state index contributed by atoms with van der Waals surface area (Å²) in [6, 6.07) is 3.05.